The van der Waals surface area contributed by atoms with Gasteiger partial charge in [0.2, 0.25) is 5.78 Å². The van der Waals surface area contributed by atoms with Crippen LogP contribution in [0.25, 0.3) is 10.2 Å². The van der Waals surface area contributed by atoms with E-state index in [4.69, 9.17) is 4.74 Å². The second kappa shape index (κ2) is 7.71. The summed E-state index contributed by atoms with van der Waals surface area (Å²) in [7, 11) is 0. The van der Waals surface area contributed by atoms with Crippen LogP contribution in [0.5, 0.6) is 0 Å². The van der Waals surface area contributed by atoms with Crippen molar-refractivity contribution in [2.45, 2.75) is 26.7 Å². The van der Waals surface area contributed by atoms with Crippen molar-refractivity contribution in [1.29, 1.82) is 0 Å². The Morgan fingerprint density at radius 2 is 2.07 bits per heavy atom. The molecule has 0 radical (unpaired) electrons. The fourth-order valence-corrected chi connectivity index (χ4v) is 4.56. The largest absolute Gasteiger partial charge is 0.457 e. The van der Waals surface area contributed by atoms with E-state index in [9.17, 15) is 9.59 Å². The molecule has 1 aliphatic rings. The van der Waals surface area contributed by atoms with Crippen LogP contribution in [-0.2, 0) is 9.53 Å². The number of nitrogens with one attached hydrogen (secondary N) is 1. The minimum absolute atomic E-state index is 0.185. The number of carbonyl (C=O) groups is 2. The van der Waals surface area contributed by atoms with Crippen LogP contribution in [0.1, 0.15) is 33.8 Å². The van der Waals surface area contributed by atoms with E-state index in [2.05, 4.69) is 33.7 Å². The molecule has 146 valence electrons. The van der Waals surface area contributed by atoms with Crippen LogP contribution in [0.4, 0.5) is 5.82 Å². The zero-order chi connectivity index (χ0) is 19.7. The molecule has 3 aromatic rings. The van der Waals surface area contributed by atoms with Crippen molar-refractivity contribution in [3.8, 4) is 0 Å². The highest BCUT2D eigenvalue weighted by molar-refractivity contribution is 7.18. The SMILES string of the molecule is Cc1sc2ncnc(N3CCC(C(=O)OCC(=O)c4ccc[nH]4)CC3)c2c1C. The number of fused-ring (bicyclic) bond motifs is 1. The number of aromatic nitrogens is 3. The van der Waals surface area contributed by atoms with E-state index in [0.717, 1.165) is 29.1 Å². The first-order valence-electron chi connectivity index (χ1n) is 9.33. The molecule has 4 heterocycles. The molecule has 8 heteroatoms. The molecular weight excluding hydrogens is 376 g/mol. The summed E-state index contributed by atoms with van der Waals surface area (Å²) >= 11 is 1.68. The predicted octanol–water partition coefficient (Wildman–Crippen LogP) is 3.28. The van der Waals surface area contributed by atoms with Gasteiger partial charge in [-0.15, -0.1) is 11.3 Å². The van der Waals surface area contributed by atoms with E-state index in [1.54, 1.807) is 36.0 Å². The van der Waals surface area contributed by atoms with E-state index < -0.39 is 0 Å². The van der Waals surface area contributed by atoms with Crippen molar-refractivity contribution in [3.63, 3.8) is 0 Å². The van der Waals surface area contributed by atoms with Gasteiger partial charge in [0, 0.05) is 24.2 Å². The average molecular weight is 398 g/mol. The van der Waals surface area contributed by atoms with Crippen LogP contribution in [0.3, 0.4) is 0 Å². The van der Waals surface area contributed by atoms with Crippen LogP contribution in [0.15, 0.2) is 24.7 Å². The van der Waals surface area contributed by atoms with Crippen LogP contribution in [-0.4, -0.2) is 46.4 Å². The van der Waals surface area contributed by atoms with E-state index >= 15 is 0 Å². The van der Waals surface area contributed by atoms with Crippen molar-refractivity contribution < 1.29 is 14.3 Å². The molecule has 0 aliphatic carbocycles. The lowest BCUT2D eigenvalue weighted by atomic mass is 9.96. The molecule has 0 spiro atoms. The summed E-state index contributed by atoms with van der Waals surface area (Å²) in [4.78, 5) is 40.5. The number of piperidine rings is 1. The summed E-state index contributed by atoms with van der Waals surface area (Å²) < 4.78 is 5.25. The smallest absolute Gasteiger partial charge is 0.309 e. The monoisotopic (exact) mass is 398 g/mol. The second-order valence-electron chi connectivity index (χ2n) is 7.04. The van der Waals surface area contributed by atoms with Crippen molar-refractivity contribution in [2.24, 2.45) is 5.92 Å². The average Bonchev–Trinajstić information content (AvgIpc) is 3.35. The maximum atomic E-state index is 12.4. The molecule has 7 nitrogen and oxygen atoms in total. The molecule has 4 rings (SSSR count). The summed E-state index contributed by atoms with van der Waals surface area (Å²) in [5.41, 5.74) is 1.68. The number of H-pyrrole nitrogens is 1. The van der Waals surface area contributed by atoms with Crippen LogP contribution in [0, 0.1) is 19.8 Å². The maximum absolute atomic E-state index is 12.4. The Balaban J connectivity index is 1.37. The Labute approximate surface area is 166 Å². The van der Waals surface area contributed by atoms with E-state index in [-0.39, 0.29) is 24.3 Å². The van der Waals surface area contributed by atoms with Gasteiger partial charge in [0.1, 0.15) is 17.0 Å². The lowest BCUT2D eigenvalue weighted by Crippen LogP contribution is -2.37. The molecule has 1 N–H and O–H groups in total. The van der Waals surface area contributed by atoms with Gasteiger partial charge in [-0.3, -0.25) is 9.59 Å². The highest BCUT2D eigenvalue weighted by Gasteiger charge is 2.28. The fourth-order valence-electron chi connectivity index (χ4n) is 3.57. The number of anilines is 1. The van der Waals surface area contributed by atoms with Crippen LogP contribution in [0.2, 0.25) is 0 Å². The van der Waals surface area contributed by atoms with Gasteiger partial charge in [-0.2, -0.15) is 0 Å². The molecule has 0 atom stereocenters. The number of esters is 1. The third-order valence-corrected chi connectivity index (χ3v) is 6.43. The van der Waals surface area contributed by atoms with E-state index in [0.29, 0.717) is 18.5 Å². The molecule has 1 saturated heterocycles. The zero-order valence-electron chi connectivity index (χ0n) is 15.9. The number of thiophene rings is 1. The first-order valence-corrected chi connectivity index (χ1v) is 10.1. The van der Waals surface area contributed by atoms with Crippen molar-refractivity contribution >= 4 is 39.1 Å². The molecule has 3 aromatic heterocycles. The molecule has 28 heavy (non-hydrogen) atoms. The number of aromatic amines is 1. The third kappa shape index (κ3) is 3.52. The summed E-state index contributed by atoms with van der Waals surface area (Å²) in [5, 5.41) is 1.11. The number of ketones is 1. The van der Waals surface area contributed by atoms with Gasteiger partial charge in [0.25, 0.3) is 0 Å². The standard InChI is InChI=1S/C20H22N4O3S/c1-12-13(2)28-19-17(12)18(22-11-23-19)24-8-5-14(6-9-24)20(26)27-10-16(25)15-4-3-7-21-15/h3-4,7,11,14,21H,5-6,8-10H2,1-2H3. The second-order valence-corrected chi connectivity index (χ2v) is 8.24. The zero-order valence-corrected chi connectivity index (χ0v) is 16.7. The molecule has 0 unspecified atom stereocenters. The first kappa shape index (κ1) is 18.6. The van der Waals surface area contributed by atoms with Crippen LogP contribution >= 0.6 is 11.3 Å². The summed E-state index contributed by atoms with van der Waals surface area (Å²) in [6.07, 6.45) is 4.65. The Morgan fingerprint density at radius 3 is 2.79 bits per heavy atom. The fraction of sp³-hybridized carbons (Fsp3) is 0.400. The molecular formula is C20H22N4O3S. The number of aryl methyl sites for hydroxylation is 2. The Kier molecular flexibility index (Phi) is 5.13. The minimum Gasteiger partial charge on any atom is -0.457 e. The number of nitrogens with zero attached hydrogens (tertiary/aromatic N) is 3. The number of Topliss-reactive ketones (excluding diaryl/α,β-unsaturated/α-hetero) is 1. The highest BCUT2D eigenvalue weighted by Crippen LogP contribution is 2.35. The normalized spacial score (nSPS) is 15.1. The Hall–Kier alpha value is -2.74. The number of rotatable bonds is 5. The summed E-state index contributed by atoms with van der Waals surface area (Å²) in [5.74, 6) is 0.244. The summed E-state index contributed by atoms with van der Waals surface area (Å²) in [6.45, 7) is 5.43. The molecule has 1 aliphatic heterocycles. The molecule has 0 aromatic carbocycles. The third-order valence-electron chi connectivity index (χ3n) is 5.32. The predicted molar refractivity (Wildman–Crippen MR) is 108 cm³/mol. The van der Waals surface area contributed by atoms with Crippen LogP contribution < -0.4 is 4.90 Å². The number of carbonyl (C=O) groups excluding carboxylic acids is 2. The lowest BCUT2D eigenvalue weighted by molar-refractivity contribution is -0.148. The maximum Gasteiger partial charge on any atom is 0.309 e. The van der Waals surface area contributed by atoms with Gasteiger partial charge in [-0.1, -0.05) is 0 Å². The van der Waals surface area contributed by atoms with Crippen molar-refractivity contribution in [3.05, 3.63) is 40.8 Å². The number of hydrogen-bond acceptors (Lipinski definition) is 7. The van der Waals surface area contributed by atoms with Crippen molar-refractivity contribution in [1.82, 2.24) is 15.0 Å². The van der Waals surface area contributed by atoms with Gasteiger partial charge in [-0.05, 0) is 44.4 Å². The van der Waals surface area contributed by atoms with Gasteiger partial charge in [0.15, 0.2) is 6.61 Å². The van der Waals surface area contributed by atoms with E-state index in [1.807, 2.05) is 0 Å². The molecule has 0 amide bonds. The number of ether oxygens (including phenoxy) is 1. The lowest BCUT2D eigenvalue weighted by Gasteiger charge is -2.32. The Morgan fingerprint density at radius 1 is 1.29 bits per heavy atom. The highest BCUT2D eigenvalue weighted by atomic mass is 32.1. The van der Waals surface area contributed by atoms with E-state index in [1.165, 1.54) is 10.4 Å². The van der Waals surface area contributed by atoms with Gasteiger partial charge in [0.05, 0.1) is 17.0 Å². The molecule has 0 saturated carbocycles. The minimum atomic E-state index is -0.296. The number of hydrogen-bond donors (Lipinski definition) is 1. The molecule has 1 fully saturated rings. The summed E-state index contributed by atoms with van der Waals surface area (Å²) in [6, 6.07) is 3.41. The van der Waals surface area contributed by atoms with Crippen molar-refractivity contribution in [2.75, 3.05) is 24.6 Å². The quantitative estimate of drug-likeness (QED) is 0.524. The Bertz CT molecular complexity index is 1000. The van der Waals surface area contributed by atoms with Gasteiger partial charge in [-0.25, -0.2) is 9.97 Å². The van der Waals surface area contributed by atoms with Gasteiger partial charge >= 0.3 is 5.97 Å². The van der Waals surface area contributed by atoms with Gasteiger partial charge < -0.3 is 14.6 Å². The first-order chi connectivity index (χ1) is 13.5. The topological polar surface area (TPSA) is 88.2 Å². The molecule has 0 bridgehead atoms.